The maximum atomic E-state index is 13.0. The van der Waals surface area contributed by atoms with Gasteiger partial charge >= 0.3 is 0 Å². The molecule has 1 aromatic carbocycles. The van der Waals surface area contributed by atoms with Gasteiger partial charge in [0.2, 0.25) is 5.91 Å². The summed E-state index contributed by atoms with van der Waals surface area (Å²) in [4.78, 5) is 42.2. The van der Waals surface area contributed by atoms with Crippen LogP contribution in [0.3, 0.4) is 0 Å². The van der Waals surface area contributed by atoms with Crippen LogP contribution in [-0.2, 0) is 4.79 Å². The number of benzene rings is 1. The highest BCUT2D eigenvalue weighted by Crippen LogP contribution is 2.24. The van der Waals surface area contributed by atoms with Crippen molar-refractivity contribution in [2.75, 3.05) is 18.4 Å². The Hall–Kier alpha value is -2.89. The molecule has 1 aliphatic heterocycles. The van der Waals surface area contributed by atoms with Crippen molar-refractivity contribution in [1.29, 1.82) is 0 Å². The molecule has 142 valence electrons. The number of aromatic amines is 1. The molecule has 1 atom stereocenters. The number of H-pyrrole nitrogens is 1. The number of amides is 2. The lowest BCUT2D eigenvalue weighted by Gasteiger charge is -2.32. The number of hydrogen-bond donors (Lipinski definition) is 2. The predicted octanol–water partition coefficient (Wildman–Crippen LogP) is 3.33. The number of aromatic nitrogens is 1. The second-order valence-electron chi connectivity index (χ2n) is 7.13. The Kier molecular flexibility index (Phi) is 5.44. The van der Waals surface area contributed by atoms with E-state index in [4.69, 9.17) is 0 Å². The molecular weight excluding hydrogens is 342 g/mol. The van der Waals surface area contributed by atoms with Crippen LogP contribution in [0.1, 0.15) is 51.9 Å². The van der Waals surface area contributed by atoms with Crippen LogP contribution in [0.25, 0.3) is 0 Å². The average molecular weight is 367 g/mol. The first-order valence-electron chi connectivity index (χ1n) is 9.23. The minimum Gasteiger partial charge on any atom is -0.354 e. The summed E-state index contributed by atoms with van der Waals surface area (Å²) >= 11 is 0. The fraction of sp³-hybridized carbons (Fsp3) is 0.381. The van der Waals surface area contributed by atoms with Crippen molar-refractivity contribution in [2.45, 2.75) is 33.6 Å². The van der Waals surface area contributed by atoms with Gasteiger partial charge in [0.05, 0.1) is 5.92 Å². The molecule has 2 amide bonds. The fourth-order valence-electron chi connectivity index (χ4n) is 3.79. The number of piperidine rings is 1. The molecule has 2 aromatic rings. The standard InChI is InChI=1S/C21H25N3O3/c1-13-18(15(3)25)14(2)22-19(13)21(27)24-11-7-8-16(12-24)20(26)23-17-9-5-4-6-10-17/h4-6,9-10,16,22H,7-8,11-12H2,1-3H3,(H,23,26)/t16-/m1/s1. The van der Waals surface area contributed by atoms with Crippen molar-refractivity contribution in [3.8, 4) is 0 Å². The van der Waals surface area contributed by atoms with Gasteiger partial charge in [0, 0.05) is 30.0 Å². The predicted molar refractivity (Wildman–Crippen MR) is 104 cm³/mol. The number of aryl methyl sites for hydroxylation is 1. The van der Waals surface area contributed by atoms with E-state index in [0.29, 0.717) is 35.6 Å². The topological polar surface area (TPSA) is 82.3 Å². The van der Waals surface area contributed by atoms with Crippen molar-refractivity contribution in [1.82, 2.24) is 9.88 Å². The molecule has 27 heavy (non-hydrogen) atoms. The van der Waals surface area contributed by atoms with Gasteiger partial charge in [0.15, 0.2) is 5.78 Å². The van der Waals surface area contributed by atoms with Gasteiger partial charge < -0.3 is 15.2 Å². The Labute approximate surface area is 159 Å². The average Bonchev–Trinajstić information content (AvgIpc) is 2.96. The summed E-state index contributed by atoms with van der Waals surface area (Å²) < 4.78 is 0. The number of carbonyl (C=O) groups excluding carboxylic acids is 3. The molecule has 0 bridgehead atoms. The van der Waals surface area contributed by atoms with E-state index in [9.17, 15) is 14.4 Å². The zero-order valence-electron chi connectivity index (χ0n) is 16.0. The molecule has 3 rings (SSSR count). The van der Waals surface area contributed by atoms with Gasteiger partial charge in [0.1, 0.15) is 5.69 Å². The van der Waals surface area contributed by atoms with Crippen LogP contribution >= 0.6 is 0 Å². The maximum absolute atomic E-state index is 13.0. The molecule has 0 unspecified atom stereocenters. The van der Waals surface area contributed by atoms with E-state index in [1.165, 1.54) is 6.92 Å². The number of anilines is 1. The monoisotopic (exact) mass is 367 g/mol. The molecule has 0 saturated carbocycles. The highest BCUT2D eigenvalue weighted by molar-refractivity contribution is 6.02. The van der Waals surface area contributed by atoms with Gasteiger partial charge in [-0.1, -0.05) is 18.2 Å². The molecule has 0 radical (unpaired) electrons. The number of Topliss-reactive ketones (excluding diaryl/α,β-unsaturated/α-hetero) is 1. The van der Waals surface area contributed by atoms with E-state index < -0.39 is 0 Å². The second kappa shape index (κ2) is 7.78. The highest BCUT2D eigenvalue weighted by atomic mass is 16.2. The highest BCUT2D eigenvalue weighted by Gasteiger charge is 2.31. The van der Waals surface area contributed by atoms with Crippen LogP contribution in [0.2, 0.25) is 0 Å². The van der Waals surface area contributed by atoms with Crippen LogP contribution in [0.5, 0.6) is 0 Å². The smallest absolute Gasteiger partial charge is 0.270 e. The molecule has 1 aliphatic rings. The van der Waals surface area contributed by atoms with Crippen molar-refractivity contribution in [2.24, 2.45) is 5.92 Å². The van der Waals surface area contributed by atoms with Crippen LogP contribution in [0.15, 0.2) is 30.3 Å². The number of ketones is 1. The van der Waals surface area contributed by atoms with Crippen LogP contribution in [0.4, 0.5) is 5.69 Å². The molecule has 1 saturated heterocycles. The van der Waals surface area contributed by atoms with Gasteiger partial charge in [-0.25, -0.2) is 0 Å². The fourth-order valence-corrected chi connectivity index (χ4v) is 3.79. The first-order valence-corrected chi connectivity index (χ1v) is 9.23. The van der Waals surface area contributed by atoms with Crippen molar-refractivity contribution >= 4 is 23.3 Å². The van der Waals surface area contributed by atoms with E-state index in [2.05, 4.69) is 10.3 Å². The lowest BCUT2D eigenvalue weighted by atomic mass is 9.96. The first-order chi connectivity index (χ1) is 12.9. The number of hydrogen-bond acceptors (Lipinski definition) is 3. The molecule has 0 aliphatic carbocycles. The van der Waals surface area contributed by atoms with E-state index in [1.807, 2.05) is 30.3 Å². The van der Waals surface area contributed by atoms with Crippen molar-refractivity contribution in [3.63, 3.8) is 0 Å². The van der Waals surface area contributed by atoms with Gasteiger partial charge in [-0.2, -0.15) is 0 Å². The number of nitrogens with one attached hydrogen (secondary N) is 2. The van der Waals surface area contributed by atoms with Crippen LogP contribution in [0, 0.1) is 19.8 Å². The number of nitrogens with zero attached hydrogens (tertiary/aromatic N) is 1. The van der Waals surface area contributed by atoms with Gasteiger partial charge in [0.25, 0.3) is 5.91 Å². The molecule has 2 heterocycles. The minimum atomic E-state index is -0.244. The minimum absolute atomic E-state index is 0.0564. The summed E-state index contributed by atoms with van der Waals surface area (Å²) in [6.07, 6.45) is 1.53. The Morgan fingerprint density at radius 1 is 1.15 bits per heavy atom. The Bertz CT molecular complexity index is 870. The number of para-hydroxylation sites is 1. The van der Waals surface area contributed by atoms with Crippen molar-refractivity contribution in [3.05, 3.63) is 52.8 Å². The van der Waals surface area contributed by atoms with Crippen molar-refractivity contribution < 1.29 is 14.4 Å². The second-order valence-corrected chi connectivity index (χ2v) is 7.13. The number of likely N-dealkylation sites (tertiary alicyclic amines) is 1. The first kappa shape index (κ1) is 18.9. The zero-order valence-corrected chi connectivity index (χ0v) is 16.0. The SMILES string of the molecule is CC(=O)c1c(C)[nH]c(C(=O)N2CCC[C@@H](C(=O)Nc3ccccc3)C2)c1C. The summed E-state index contributed by atoms with van der Waals surface area (Å²) in [7, 11) is 0. The van der Waals surface area contributed by atoms with Crippen LogP contribution < -0.4 is 5.32 Å². The molecule has 1 fully saturated rings. The van der Waals surface area contributed by atoms with Crippen LogP contribution in [-0.4, -0.2) is 40.6 Å². The summed E-state index contributed by atoms with van der Waals surface area (Å²) in [6, 6.07) is 9.33. The quantitative estimate of drug-likeness (QED) is 0.813. The molecule has 6 nitrogen and oxygen atoms in total. The third-order valence-electron chi connectivity index (χ3n) is 5.12. The maximum Gasteiger partial charge on any atom is 0.270 e. The molecular formula is C21H25N3O3. The van der Waals surface area contributed by atoms with E-state index in [-0.39, 0.29) is 23.5 Å². The van der Waals surface area contributed by atoms with E-state index in [1.54, 1.807) is 18.7 Å². The Balaban J connectivity index is 1.72. The third kappa shape index (κ3) is 3.94. The lowest BCUT2D eigenvalue weighted by molar-refractivity contribution is -0.121. The normalized spacial score (nSPS) is 16.9. The van der Waals surface area contributed by atoms with Gasteiger partial charge in [-0.15, -0.1) is 0 Å². The van der Waals surface area contributed by atoms with Gasteiger partial charge in [-0.05, 0) is 51.3 Å². The summed E-state index contributed by atoms with van der Waals surface area (Å²) in [6.45, 7) is 6.08. The summed E-state index contributed by atoms with van der Waals surface area (Å²) in [5.74, 6) is -0.520. The van der Waals surface area contributed by atoms with E-state index in [0.717, 1.165) is 18.5 Å². The zero-order chi connectivity index (χ0) is 19.6. The lowest BCUT2D eigenvalue weighted by Crippen LogP contribution is -2.44. The molecule has 1 aromatic heterocycles. The Morgan fingerprint density at radius 2 is 1.85 bits per heavy atom. The molecule has 2 N–H and O–H groups in total. The summed E-state index contributed by atoms with van der Waals surface area (Å²) in [5, 5.41) is 2.92. The third-order valence-corrected chi connectivity index (χ3v) is 5.12. The molecule has 6 heteroatoms. The largest absolute Gasteiger partial charge is 0.354 e. The number of carbonyl (C=O) groups is 3. The Morgan fingerprint density at radius 3 is 2.48 bits per heavy atom. The molecule has 0 spiro atoms. The number of rotatable bonds is 4. The summed E-state index contributed by atoms with van der Waals surface area (Å²) in [5.41, 5.74) is 3.17. The van der Waals surface area contributed by atoms with E-state index >= 15 is 0 Å². The van der Waals surface area contributed by atoms with Gasteiger partial charge in [-0.3, -0.25) is 14.4 Å².